The number of amides is 1. The predicted molar refractivity (Wildman–Crippen MR) is 102 cm³/mol. The fourth-order valence-electron chi connectivity index (χ4n) is 2.70. The van der Waals surface area contributed by atoms with Gasteiger partial charge in [0.2, 0.25) is 0 Å². The second kappa shape index (κ2) is 8.68. The number of carbonyl (C=O) groups is 2. The minimum Gasteiger partial charge on any atom is -0.484 e. The van der Waals surface area contributed by atoms with E-state index < -0.39 is 5.97 Å². The minimum absolute atomic E-state index is 0.0313. The van der Waals surface area contributed by atoms with Crippen molar-refractivity contribution in [2.75, 3.05) is 6.61 Å². The van der Waals surface area contributed by atoms with Crippen LogP contribution in [0, 0.1) is 0 Å². The van der Waals surface area contributed by atoms with Crippen LogP contribution in [0.15, 0.2) is 48.5 Å². The highest BCUT2D eigenvalue weighted by atomic mass is 16.5. The Morgan fingerprint density at radius 2 is 1.93 bits per heavy atom. The molecule has 6 heteroatoms. The minimum atomic E-state index is -0.925. The van der Waals surface area contributed by atoms with E-state index in [-0.39, 0.29) is 24.1 Å². The van der Waals surface area contributed by atoms with Gasteiger partial charge in [0.25, 0.3) is 5.91 Å². The monoisotopic (exact) mass is 368 g/mol. The lowest BCUT2D eigenvalue weighted by Crippen LogP contribution is -2.30. The highest BCUT2D eigenvalue weighted by Crippen LogP contribution is 2.20. The summed E-state index contributed by atoms with van der Waals surface area (Å²) in [7, 11) is 0. The van der Waals surface area contributed by atoms with Crippen LogP contribution in [0.4, 0.5) is 0 Å². The van der Waals surface area contributed by atoms with Gasteiger partial charge in [-0.05, 0) is 55.2 Å². The molecule has 0 bridgehead atoms. The van der Waals surface area contributed by atoms with Crippen LogP contribution in [0.5, 0.6) is 5.75 Å². The Morgan fingerprint density at radius 3 is 2.59 bits per heavy atom. The molecule has 3 N–H and O–H groups in total. The summed E-state index contributed by atoms with van der Waals surface area (Å²) in [5.74, 6) is -0.349. The molecule has 1 amide bonds. The molecule has 6 nitrogen and oxygen atoms in total. The van der Waals surface area contributed by atoms with Crippen LogP contribution in [-0.2, 0) is 11.3 Å². The molecule has 0 spiro atoms. The Bertz CT molecular complexity index is 800. The van der Waals surface area contributed by atoms with E-state index in [4.69, 9.17) is 9.84 Å². The lowest BCUT2D eigenvalue weighted by molar-refractivity contribution is -0.123. The normalized spacial score (nSPS) is 14.4. The number of carboxylic acids is 1. The van der Waals surface area contributed by atoms with Crippen LogP contribution in [0.25, 0.3) is 0 Å². The standard InChI is InChI=1S/C21H24N2O4/c1-14(22-12-15-3-2-4-17(11-15)21(25)26)16-5-9-19(10-6-16)27-13-20(24)23-18-7-8-18/h2-6,9-11,14,18,22H,7-8,12-13H2,1H3,(H,23,24)(H,25,26). The van der Waals surface area contributed by atoms with Crippen LogP contribution < -0.4 is 15.4 Å². The fraction of sp³-hybridized carbons (Fsp3) is 0.333. The van der Waals surface area contributed by atoms with E-state index >= 15 is 0 Å². The number of benzene rings is 2. The molecule has 0 heterocycles. The number of carboxylic acid groups (broad SMARTS) is 1. The van der Waals surface area contributed by atoms with Crippen LogP contribution >= 0.6 is 0 Å². The number of hydrogen-bond donors (Lipinski definition) is 3. The van der Waals surface area contributed by atoms with E-state index in [0.29, 0.717) is 18.3 Å². The Balaban J connectivity index is 1.48. The van der Waals surface area contributed by atoms with Gasteiger partial charge < -0.3 is 20.5 Å². The largest absolute Gasteiger partial charge is 0.484 e. The van der Waals surface area contributed by atoms with Gasteiger partial charge in [-0.15, -0.1) is 0 Å². The van der Waals surface area contributed by atoms with E-state index in [9.17, 15) is 9.59 Å². The topological polar surface area (TPSA) is 87.7 Å². The number of nitrogens with one attached hydrogen (secondary N) is 2. The summed E-state index contributed by atoms with van der Waals surface area (Å²) in [6.45, 7) is 2.64. The van der Waals surface area contributed by atoms with Gasteiger partial charge in [0.1, 0.15) is 5.75 Å². The molecule has 0 aliphatic heterocycles. The first-order chi connectivity index (χ1) is 13.0. The van der Waals surface area contributed by atoms with Crippen LogP contribution in [0.3, 0.4) is 0 Å². The van der Waals surface area contributed by atoms with Crippen LogP contribution in [-0.4, -0.2) is 29.6 Å². The summed E-state index contributed by atoms with van der Waals surface area (Å²) in [5.41, 5.74) is 2.29. The molecule has 0 radical (unpaired) electrons. The average Bonchev–Trinajstić information content (AvgIpc) is 3.49. The summed E-state index contributed by atoms with van der Waals surface area (Å²) in [5, 5.41) is 15.3. The molecule has 1 unspecified atom stereocenters. The van der Waals surface area contributed by atoms with Crippen molar-refractivity contribution in [1.82, 2.24) is 10.6 Å². The smallest absolute Gasteiger partial charge is 0.335 e. The number of hydrogen-bond acceptors (Lipinski definition) is 4. The van der Waals surface area contributed by atoms with Crippen molar-refractivity contribution < 1.29 is 19.4 Å². The number of rotatable bonds is 9. The first-order valence-electron chi connectivity index (χ1n) is 9.09. The first-order valence-corrected chi connectivity index (χ1v) is 9.09. The number of carbonyl (C=O) groups excluding carboxylic acids is 1. The molecule has 1 aliphatic carbocycles. The van der Waals surface area contributed by atoms with Crippen molar-refractivity contribution in [2.24, 2.45) is 0 Å². The van der Waals surface area contributed by atoms with Gasteiger partial charge in [0, 0.05) is 18.6 Å². The number of aromatic carboxylic acids is 1. The van der Waals surface area contributed by atoms with Crippen molar-refractivity contribution in [3.8, 4) is 5.75 Å². The quantitative estimate of drug-likeness (QED) is 0.633. The van der Waals surface area contributed by atoms with Gasteiger partial charge in [0.05, 0.1) is 5.56 Å². The molecule has 142 valence electrons. The van der Waals surface area contributed by atoms with Gasteiger partial charge in [-0.25, -0.2) is 4.79 Å². The lowest BCUT2D eigenvalue weighted by atomic mass is 10.1. The van der Waals surface area contributed by atoms with Gasteiger partial charge >= 0.3 is 5.97 Å². The molecule has 3 rings (SSSR count). The summed E-state index contributed by atoms with van der Waals surface area (Å²) >= 11 is 0. The zero-order chi connectivity index (χ0) is 19.2. The first kappa shape index (κ1) is 18.9. The van der Waals surface area contributed by atoms with E-state index in [1.807, 2.05) is 37.3 Å². The third-order valence-corrected chi connectivity index (χ3v) is 4.48. The Morgan fingerprint density at radius 1 is 1.19 bits per heavy atom. The lowest BCUT2D eigenvalue weighted by Gasteiger charge is -2.15. The number of ether oxygens (including phenoxy) is 1. The average molecular weight is 368 g/mol. The summed E-state index contributed by atoms with van der Waals surface area (Å²) < 4.78 is 5.51. The highest BCUT2D eigenvalue weighted by Gasteiger charge is 2.23. The Hall–Kier alpha value is -2.86. The maximum Gasteiger partial charge on any atom is 0.335 e. The fourth-order valence-corrected chi connectivity index (χ4v) is 2.70. The Kier molecular flexibility index (Phi) is 6.08. The zero-order valence-electron chi connectivity index (χ0n) is 15.3. The van der Waals surface area contributed by atoms with Gasteiger partial charge in [-0.1, -0.05) is 24.3 Å². The maximum absolute atomic E-state index is 11.6. The van der Waals surface area contributed by atoms with Crippen molar-refractivity contribution in [3.63, 3.8) is 0 Å². The SMILES string of the molecule is CC(NCc1cccc(C(=O)O)c1)c1ccc(OCC(=O)NC2CC2)cc1. The molecular formula is C21H24N2O4. The van der Waals surface area contributed by atoms with Crippen molar-refractivity contribution >= 4 is 11.9 Å². The molecule has 0 saturated heterocycles. The van der Waals surface area contributed by atoms with E-state index in [1.54, 1.807) is 18.2 Å². The molecule has 1 saturated carbocycles. The molecule has 2 aromatic carbocycles. The molecule has 27 heavy (non-hydrogen) atoms. The molecule has 2 aromatic rings. The highest BCUT2D eigenvalue weighted by molar-refractivity contribution is 5.87. The van der Waals surface area contributed by atoms with Crippen molar-refractivity contribution in [1.29, 1.82) is 0 Å². The van der Waals surface area contributed by atoms with Crippen molar-refractivity contribution in [3.05, 3.63) is 65.2 Å². The third kappa shape index (κ3) is 5.82. The molecule has 1 aliphatic rings. The Labute approximate surface area is 158 Å². The molecule has 1 fully saturated rings. The van der Waals surface area contributed by atoms with Gasteiger partial charge in [-0.3, -0.25) is 4.79 Å². The van der Waals surface area contributed by atoms with E-state index in [1.165, 1.54) is 0 Å². The molecule has 0 aromatic heterocycles. The second-order valence-electron chi connectivity index (χ2n) is 6.81. The molecular weight excluding hydrogens is 344 g/mol. The van der Waals surface area contributed by atoms with E-state index in [2.05, 4.69) is 10.6 Å². The maximum atomic E-state index is 11.6. The summed E-state index contributed by atoms with van der Waals surface area (Å²) in [6.07, 6.45) is 2.12. The summed E-state index contributed by atoms with van der Waals surface area (Å²) in [6, 6.07) is 14.9. The van der Waals surface area contributed by atoms with Crippen LogP contribution in [0.2, 0.25) is 0 Å². The van der Waals surface area contributed by atoms with Crippen molar-refractivity contribution in [2.45, 2.75) is 38.4 Å². The van der Waals surface area contributed by atoms with E-state index in [0.717, 1.165) is 24.0 Å². The predicted octanol–water partition coefficient (Wildman–Crippen LogP) is 2.89. The second-order valence-corrected chi connectivity index (χ2v) is 6.81. The van der Waals surface area contributed by atoms with Crippen LogP contribution in [0.1, 0.15) is 47.3 Å². The summed E-state index contributed by atoms with van der Waals surface area (Å²) in [4.78, 5) is 22.7. The third-order valence-electron chi connectivity index (χ3n) is 4.48. The van der Waals surface area contributed by atoms with Gasteiger partial charge in [0.15, 0.2) is 6.61 Å². The molecule has 1 atom stereocenters. The zero-order valence-corrected chi connectivity index (χ0v) is 15.3. The van der Waals surface area contributed by atoms with Gasteiger partial charge in [-0.2, -0.15) is 0 Å².